The van der Waals surface area contributed by atoms with Gasteiger partial charge in [0, 0.05) is 6.08 Å². The minimum atomic E-state index is -0.221. The summed E-state index contributed by atoms with van der Waals surface area (Å²) < 4.78 is 5.59. The largest absolute Gasteiger partial charge is 0.459 e. The van der Waals surface area contributed by atoms with Crippen molar-refractivity contribution in [3.05, 3.63) is 12.7 Å². The molecule has 2 nitrogen and oxygen atoms in total. The molecule has 0 aromatic heterocycles. The molecule has 0 heterocycles. The van der Waals surface area contributed by atoms with Crippen molar-refractivity contribution in [2.24, 2.45) is 35.5 Å². The summed E-state index contributed by atoms with van der Waals surface area (Å²) in [6, 6.07) is 0. The van der Waals surface area contributed by atoms with Crippen molar-refractivity contribution in [3.63, 3.8) is 0 Å². The Labute approximate surface area is 115 Å². The normalized spacial score (nSPS) is 50.6. The maximum absolute atomic E-state index is 11.4. The lowest BCUT2D eigenvalue weighted by atomic mass is 9.87. The summed E-state index contributed by atoms with van der Waals surface area (Å²) in [5.41, 5.74) is 0. The van der Waals surface area contributed by atoms with Gasteiger partial charge < -0.3 is 4.74 Å². The zero-order chi connectivity index (χ0) is 13.0. The lowest BCUT2D eigenvalue weighted by Gasteiger charge is -2.22. The van der Waals surface area contributed by atoms with Gasteiger partial charge in [-0.1, -0.05) is 19.4 Å². The molecule has 0 spiro atoms. The van der Waals surface area contributed by atoms with Crippen molar-refractivity contribution < 1.29 is 9.53 Å². The van der Waals surface area contributed by atoms with E-state index in [2.05, 4.69) is 6.58 Å². The molecule has 7 atom stereocenters. The second-order valence-corrected chi connectivity index (χ2v) is 7.24. The van der Waals surface area contributed by atoms with Gasteiger partial charge in [0.25, 0.3) is 0 Å². The molecule has 4 fully saturated rings. The summed E-state index contributed by atoms with van der Waals surface area (Å²) in [5, 5.41) is 0. The third kappa shape index (κ3) is 1.71. The zero-order valence-electron chi connectivity index (χ0n) is 11.6. The summed E-state index contributed by atoms with van der Waals surface area (Å²) in [6.07, 6.45) is 11.1. The molecule has 4 saturated carbocycles. The smallest absolute Gasteiger partial charge is 0.330 e. The summed E-state index contributed by atoms with van der Waals surface area (Å²) in [4.78, 5) is 11.4. The lowest BCUT2D eigenvalue weighted by molar-refractivity contribution is -0.144. The first-order valence-corrected chi connectivity index (χ1v) is 8.11. The highest BCUT2D eigenvalue weighted by molar-refractivity contribution is 5.81. The first kappa shape index (κ1) is 12.0. The van der Waals surface area contributed by atoms with E-state index < -0.39 is 0 Å². The van der Waals surface area contributed by atoms with Crippen molar-refractivity contribution in [3.8, 4) is 0 Å². The molecule has 4 aliphatic rings. The monoisotopic (exact) mass is 260 g/mol. The molecule has 7 unspecified atom stereocenters. The first-order chi connectivity index (χ1) is 9.28. The van der Waals surface area contributed by atoms with Gasteiger partial charge in [0.1, 0.15) is 6.10 Å². The van der Waals surface area contributed by atoms with Gasteiger partial charge in [0.2, 0.25) is 0 Å². The zero-order valence-corrected chi connectivity index (χ0v) is 11.6. The fraction of sp³-hybridized carbons (Fsp3) is 0.824. The molecule has 0 amide bonds. The number of esters is 1. The molecule has 0 bridgehead atoms. The second-order valence-electron chi connectivity index (χ2n) is 7.24. The minimum absolute atomic E-state index is 0.195. The lowest BCUT2D eigenvalue weighted by Crippen LogP contribution is -2.23. The molecule has 104 valence electrons. The van der Waals surface area contributed by atoms with Crippen LogP contribution in [0.15, 0.2) is 12.7 Å². The van der Waals surface area contributed by atoms with Crippen LogP contribution < -0.4 is 0 Å². The van der Waals surface area contributed by atoms with Gasteiger partial charge in [-0.25, -0.2) is 4.79 Å². The maximum Gasteiger partial charge on any atom is 0.330 e. The van der Waals surface area contributed by atoms with E-state index in [1.54, 1.807) is 0 Å². The number of carbonyl (C=O) groups is 1. The minimum Gasteiger partial charge on any atom is -0.459 e. The number of fused-ring (bicyclic) bond motifs is 5. The van der Waals surface area contributed by atoms with Gasteiger partial charge >= 0.3 is 5.97 Å². The van der Waals surface area contributed by atoms with Crippen LogP contribution in [0.1, 0.15) is 44.9 Å². The summed E-state index contributed by atoms with van der Waals surface area (Å²) in [5.74, 6) is 5.30. The van der Waals surface area contributed by atoms with Crippen LogP contribution >= 0.6 is 0 Å². The molecule has 2 heteroatoms. The van der Waals surface area contributed by atoms with Gasteiger partial charge in [0.05, 0.1) is 0 Å². The van der Waals surface area contributed by atoms with E-state index in [1.807, 2.05) is 0 Å². The molecule has 4 aliphatic carbocycles. The van der Waals surface area contributed by atoms with Gasteiger partial charge in [-0.05, 0) is 67.6 Å². The van der Waals surface area contributed by atoms with Crippen LogP contribution in [0.2, 0.25) is 0 Å². The number of ether oxygens (including phenoxy) is 1. The molecule has 0 saturated heterocycles. The van der Waals surface area contributed by atoms with Gasteiger partial charge in [0.15, 0.2) is 0 Å². The van der Waals surface area contributed by atoms with Crippen molar-refractivity contribution in [1.29, 1.82) is 0 Å². The van der Waals surface area contributed by atoms with Crippen LogP contribution in [0.25, 0.3) is 0 Å². The molecular weight excluding hydrogens is 236 g/mol. The third-order valence-corrected chi connectivity index (χ3v) is 6.73. The summed E-state index contributed by atoms with van der Waals surface area (Å²) >= 11 is 0. The molecule has 0 aromatic rings. The molecule has 0 aromatic carbocycles. The van der Waals surface area contributed by atoms with E-state index in [-0.39, 0.29) is 12.1 Å². The highest BCUT2D eigenvalue weighted by Crippen LogP contribution is 2.63. The molecule has 0 aliphatic heterocycles. The Kier molecular flexibility index (Phi) is 2.75. The first-order valence-electron chi connectivity index (χ1n) is 8.11. The number of carbonyl (C=O) groups excluding carboxylic acids is 1. The number of hydrogen-bond acceptors (Lipinski definition) is 2. The van der Waals surface area contributed by atoms with Gasteiger partial charge in [-0.2, -0.15) is 0 Å². The van der Waals surface area contributed by atoms with E-state index in [0.29, 0.717) is 5.92 Å². The second kappa shape index (κ2) is 4.36. The van der Waals surface area contributed by atoms with Crippen molar-refractivity contribution in [2.75, 3.05) is 0 Å². The van der Waals surface area contributed by atoms with Crippen LogP contribution in [-0.2, 0) is 9.53 Å². The predicted octanol–water partition coefficient (Wildman–Crippen LogP) is 3.57. The van der Waals surface area contributed by atoms with E-state index in [4.69, 9.17) is 4.74 Å². The van der Waals surface area contributed by atoms with Crippen molar-refractivity contribution in [1.82, 2.24) is 0 Å². The fourth-order valence-electron chi connectivity index (χ4n) is 6.18. The Morgan fingerprint density at radius 2 is 1.79 bits per heavy atom. The predicted molar refractivity (Wildman–Crippen MR) is 73.3 cm³/mol. The Morgan fingerprint density at radius 1 is 0.947 bits per heavy atom. The van der Waals surface area contributed by atoms with Crippen LogP contribution in [0.4, 0.5) is 0 Å². The van der Waals surface area contributed by atoms with Gasteiger partial charge in [-0.3, -0.25) is 0 Å². The average molecular weight is 260 g/mol. The SMILES string of the molecule is C=CC(=O)OC1CCC2C1CC1C3CCCC3CC12. The molecule has 4 rings (SSSR count). The molecule has 0 N–H and O–H groups in total. The van der Waals surface area contributed by atoms with Crippen molar-refractivity contribution >= 4 is 5.97 Å². The highest BCUT2D eigenvalue weighted by Gasteiger charge is 2.57. The van der Waals surface area contributed by atoms with Crippen LogP contribution in [0, 0.1) is 35.5 Å². The molecule has 19 heavy (non-hydrogen) atoms. The maximum atomic E-state index is 11.4. The fourth-order valence-corrected chi connectivity index (χ4v) is 6.18. The topological polar surface area (TPSA) is 26.3 Å². The Morgan fingerprint density at radius 3 is 2.63 bits per heavy atom. The van der Waals surface area contributed by atoms with Gasteiger partial charge in [-0.15, -0.1) is 0 Å². The quantitative estimate of drug-likeness (QED) is 0.560. The van der Waals surface area contributed by atoms with E-state index in [0.717, 1.165) is 36.0 Å². The van der Waals surface area contributed by atoms with E-state index in [9.17, 15) is 4.79 Å². The van der Waals surface area contributed by atoms with Crippen molar-refractivity contribution in [2.45, 2.75) is 51.0 Å². The Bertz CT molecular complexity index is 402. The average Bonchev–Trinajstić information content (AvgIpc) is 3.09. The molecule has 0 radical (unpaired) electrons. The van der Waals surface area contributed by atoms with E-state index in [1.165, 1.54) is 44.6 Å². The Balaban J connectivity index is 1.49. The third-order valence-electron chi connectivity index (χ3n) is 6.73. The highest BCUT2D eigenvalue weighted by atomic mass is 16.5. The number of hydrogen-bond donors (Lipinski definition) is 0. The van der Waals surface area contributed by atoms with Crippen LogP contribution in [0.5, 0.6) is 0 Å². The Hall–Kier alpha value is -0.790. The standard InChI is InChI=1S/C17H24O2/c1-2-17(18)19-16-7-6-12-13-8-10-4-3-5-11(10)14(13)9-15(12)16/h2,10-16H,1,3-9H2. The summed E-state index contributed by atoms with van der Waals surface area (Å²) in [7, 11) is 0. The summed E-state index contributed by atoms with van der Waals surface area (Å²) in [6.45, 7) is 3.51. The molecular formula is C17H24O2. The van der Waals surface area contributed by atoms with E-state index >= 15 is 0 Å². The van der Waals surface area contributed by atoms with Crippen LogP contribution in [0.3, 0.4) is 0 Å². The van der Waals surface area contributed by atoms with Crippen LogP contribution in [-0.4, -0.2) is 12.1 Å². The number of rotatable bonds is 2.